The zero-order valence-corrected chi connectivity index (χ0v) is 14.0. The van der Waals surface area contributed by atoms with E-state index in [1.165, 1.54) is 12.8 Å². The van der Waals surface area contributed by atoms with E-state index in [9.17, 15) is 4.79 Å². The van der Waals surface area contributed by atoms with E-state index in [1.807, 2.05) is 6.92 Å². The number of carbonyl (C=O) groups excluding carboxylic acids is 1. The van der Waals surface area contributed by atoms with Crippen LogP contribution in [0.2, 0.25) is 0 Å². The molecular formula is C16H27N5O2. The minimum absolute atomic E-state index is 0.299. The van der Waals surface area contributed by atoms with Crippen molar-refractivity contribution in [3.05, 3.63) is 11.8 Å². The van der Waals surface area contributed by atoms with Gasteiger partial charge in [0.05, 0.1) is 13.1 Å². The molecule has 0 bridgehead atoms. The number of hydrogen-bond donors (Lipinski definition) is 0. The summed E-state index contributed by atoms with van der Waals surface area (Å²) in [6, 6.07) is 0. The molecule has 1 aromatic rings. The van der Waals surface area contributed by atoms with E-state index in [-0.39, 0.29) is 0 Å². The fourth-order valence-electron chi connectivity index (χ4n) is 3.31. The standard InChI is InChI=1S/C16H27N5O2/c1-14-17-18-15(23-14)12-19-8-10-20(11-9-19)13-16(22)21-6-4-2-3-5-7-21/h2-13H2,1H3. The summed E-state index contributed by atoms with van der Waals surface area (Å²) in [4.78, 5) is 19.1. The molecular weight excluding hydrogens is 294 g/mol. The minimum Gasteiger partial charge on any atom is -0.424 e. The number of amides is 1. The van der Waals surface area contributed by atoms with Gasteiger partial charge in [-0.15, -0.1) is 10.2 Å². The summed E-state index contributed by atoms with van der Waals surface area (Å²) in [6.07, 6.45) is 4.83. The second kappa shape index (κ2) is 7.88. The monoisotopic (exact) mass is 321 g/mol. The third kappa shape index (κ3) is 4.75. The Bertz CT molecular complexity index is 502. The van der Waals surface area contributed by atoms with Crippen molar-refractivity contribution in [3.8, 4) is 0 Å². The van der Waals surface area contributed by atoms with Gasteiger partial charge in [-0.2, -0.15) is 0 Å². The normalized spacial score (nSPS) is 21.3. The lowest BCUT2D eigenvalue weighted by molar-refractivity contribution is -0.132. The first-order valence-electron chi connectivity index (χ1n) is 8.72. The lowest BCUT2D eigenvalue weighted by Gasteiger charge is -2.34. The van der Waals surface area contributed by atoms with E-state index in [0.717, 1.165) is 52.1 Å². The molecule has 0 radical (unpaired) electrons. The van der Waals surface area contributed by atoms with Crippen LogP contribution in [0.25, 0.3) is 0 Å². The molecule has 3 heterocycles. The van der Waals surface area contributed by atoms with Crippen molar-refractivity contribution in [2.24, 2.45) is 0 Å². The number of carbonyl (C=O) groups is 1. The number of rotatable bonds is 4. The van der Waals surface area contributed by atoms with E-state index < -0.39 is 0 Å². The summed E-state index contributed by atoms with van der Waals surface area (Å²) in [5.41, 5.74) is 0. The van der Waals surface area contributed by atoms with Gasteiger partial charge < -0.3 is 9.32 Å². The van der Waals surface area contributed by atoms with Crippen molar-refractivity contribution >= 4 is 5.91 Å². The Morgan fingerprint density at radius 2 is 1.61 bits per heavy atom. The smallest absolute Gasteiger partial charge is 0.236 e. The van der Waals surface area contributed by atoms with Gasteiger partial charge in [0.1, 0.15) is 0 Å². The van der Waals surface area contributed by atoms with E-state index in [0.29, 0.717) is 30.8 Å². The molecule has 0 saturated carbocycles. The maximum Gasteiger partial charge on any atom is 0.236 e. The van der Waals surface area contributed by atoms with Crippen LogP contribution in [-0.2, 0) is 11.3 Å². The zero-order chi connectivity index (χ0) is 16.1. The molecule has 0 aliphatic carbocycles. The van der Waals surface area contributed by atoms with Crippen LogP contribution < -0.4 is 0 Å². The van der Waals surface area contributed by atoms with Crippen LogP contribution in [0.15, 0.2) is 4.42 Å². The molecule has 2 aliphatic rings. The van der Waals surface area contributed by atoms with Gasteiger partial charge in [-0.05, 0) is 12.8 Å². The molecule has 0 atom stereocenters. The van der Waals surface area contributed by atoms with Crippen molar-refractivity contribution in [2.45, 2.75) is 39.2 Å². The highest BCUT2D eigenvalue weighted by Gasteiger charge is 2.23. The Morgan fingerprint density at radius 1 is 0.957 bits per heavy atom. The van der Waals surface area contributed by atoms with E-state index >= 15 is 0 Å². The molecule has 23 heavy (non-hydrogen) atoms. The van der Waals surface area contributed by atoms with E-state index in [1.54, 1.807) is 0 Å². The number of aromatic nitrogens is 2. The van der Waals surface area contributed by atoms with Gasteiger partial charge in [-0.3, -0.25) is 14.6 Å². The molecule has 0 N–H and O–H groups in total. The van der Waals surface area contributed by atoms with Crippen molar-refractivity contribution < 1.29 is 9.21 Å². The lowest BCUT2D eigenvalue weighted by atomic mass is 10.2. The van der Waals surface area contributed by atoms with Crippen molar-refractivity contribution in [2.75, 3.05) is 45.8 Å². The third-order valence-electron chi connectivity index (χ3n) is 4.71. The number of aryl methyl sites for hydroxylation is 1. The Hall–Kier alpha value is -1.47. The fourth-order valence-corrected chi connectivity index (χ4v) is 3.31. The fraction of sp³-hybridized carbons (Fsp3) is 0.812. The van der Waals surface area contributed by atoms with Crippen LogP contribution in [0.1, 0.15) is 37.5 Å². The molecule has 2 aliphatic heterocycles. The summed E-state index contributed by atoms with van der Waals surface area (Å²) in [5.74, 6) is 1.59. The summed E-state index contributed by atoms with van der Waals surface area (Å²) < 4.78 is 5.43. The summed E-state index contributed by atoms with van der Waals surface area (Å²) >= 11 is 0. The molecule has 128 valence electrons. The number of piperazine rings is 1. The Labute approximate surface area is 137 Å². The average Bonchev–Trinajstić information content (AvgIpc) is 2.79. The molecule has 3 rings (SSSR count). The molecule has 2 fully saturated rings. The largest absolute Gasteiger partial charge is 0.424 e. The Balaban J connectivity index is 1.40. The van der Waals surface area contributed by atoms with Crippen LogP contribution in [0, 0.1) is 6.92 Å². The van der Waals surface area contributed by atoms with Crippen LogP contribution in [-0.4, -0.2) is 76.6 Å². The second-order valence-electron chi connectivity index (χ2n) is 6.56. The molecule has 2 saturated heterocycles. The van der Waals surface area contributed by atoms with Gasteiger partial charge in [0.25, 0.3) is 0 Å². The minimum atomic E-state index is 0.299. The number of nitrogens with zero attached hydrogens (tertiary/aromatic N) is 5. The average molecular weight is 321 g/mol. The second-order valence-corrected chi connectivity index (χ2v) is 6.56. The molecule has 7 heteroatoms. The maximum absolute atomic E-state index is 12.4. The SMILES string of the molecule is Cc1nnc(CN2CCN(CC(=O)N3CCCCCC3)CC2)o1. The first-order valence-corrected chi connectivity index (χ1v) is 8.72. The molecule has 1 aromatic heterocycles. The summed E-state index contributed by atoms with van der Waals surface area (Å²) in [7, 11) is 0. The summed E-state index contributed by atoms with van der Waals surface area (Å²) in [5, 5.41) is 7.91. The van der Waals surface area contributed by atoms with Gasteiger partial charge in [-0.1, -0.05) is 12.8 Å². The first kappa shape index (κ1) is 16.4. The molecule has 0 unspecified atom stereocenters. The highest BCUT2D eigenvalue weighted by atomic mass is 16.4. The van der Waals surface area contributed by atoms with Crippen molar-refractivity contribution in [1.29, 1.82) is 0 Å². The molecule has 1 amide bonds. The van der Waals surface area contributed by atoms with Crippen LogP contribution in [0.5, 0.6) is 0 Å². The quantitative estimate of drug-likeness (QED) is 0.821. The molecule has 0 spiro atoms. The van der Waals surface area contributed by atoms with Gasteiger partial charge in [0.15, 0.2) is 0 Å². The van der Waals surface area contributed by atoms with Gasteiger partial charge in [0, 0.05) is 46.2 Å². The lowest BCUT2D eigenvalue weighted by Crippen LogP contribution is -2.49. The third-order valence-corrected chi connectivity index (χ3v) is 4.71. The van der Waals surface area contributed by atoms with Gasteiger partial charge in [-0.25, -0.2) is 0 Å². The van der Waals surface area contributed by atoms with Crippen LogP contribution in [0.4, 0.5) is 0 Å². The van der Waals surface area contributed by atoms with Crippen LogP contribution in [0.3, 0.4) is 0 Å². The number of hydrogen-bond acceptors (Lipinski definition) is 6. The predicted molar refractivity (Wildman–Crippen MR) is 85.8 cm³/mol. The van der Waals surface area contributed by atoms with Crippen molar-refractivity contribution in [1.82, 2.24) is 24.9 Å². The topological polar surface area (TPSA) is 65.7 Å². The molecule has 0 aromatic carbocycles. The predicted octanol–water partition coefficient (Wildman–Crippen LogP) is 0.898. The van der Waals surface area contributed by atoms with Gasteiger partial charge >= 0.3 is 0 Å². The highest BCUT2D eigenvalue weighted by molar-refractivity contribution is 5.78. The van der Waals surface area contributed by atoms with Crippen LogP contribution >= 0.6 is 0 Å². The first-order chi connectivity index (χ1) is 11.2. The number of likely N-dealkylation sites (tertiary alicyclic amines) is 1. The van der Waals surface area contributed by atoms with Gasteiger partial charge in [0.2, 0.25) is 17.7 Å². The van der Waals surface area contributed by atoms with E-state index in [4.69, 9.17) is 4.42 Å². The maximum atomic E-state index is 12.4. The van der Waals surface area contributed by atoms with Crippen molar-refractivity contribution in [3.63, 3.8) is 0 Å². The zero-order valence-electron chi connectivity index (χ0n) is 14.0. The summed E-state index contributed by atoms with van der Waals surface area (Å²) in [6.45, 7) is 8.68. The highest BCUT2D eigenvalue weighted by Crippen LogP contribution is 2.11. The Kier molecular flexibility index (Phi) is 5.61. The Morgan fingerprint density at radius 3 is 2.22 bits per heavy atom. The molecule has 7 nitrogen and oxygen atoms in total. The van der Waals surface area contributed by atoms with E-state index in [2.05, 4.69) is 24.9 Å².